The second-order valence-corrected chi connectivity index (χ2v) is 5.67. The van der Waals surface area contributed by atoms with Gasteiger partial charge >= 0.3 is 0 Å². The quantitative estimate of drug-likeness (QED) is 0.790. The first-order valence-electron chi connectivity index (χ1n) is 7.03. The summed E-state index contributed by atoms with van der Waals surface area (Å²) in [5, 5.41) is 11.2. The molecule has 0 aliphatic carbocycles. The lowest BCUT2D eigenvalue weighted by Crippen LogP contribution is -2.33. The molecule has 7 heteroatoms. The van der Waals surface area contributed by atoms with Crippen molar-refractivity contribution in [1.29, 1.82) is 0 Å². The Morgan fingerprint density at radius 3 is 2.91 bits per heavy atom. The first kappa shape index (κ1) is 16.4. The molecule has 0 saturated heterocycles. The molecule has 0 bridgehead atoms. The van der Waals surface area contributed by atoms with Crippen molar-refractivity contribution in [2.24, 2.45) is 0 Å². The maximum atomic E-state index is 11.7. The van der Waals surface area contributed by atoms with Crippen molar-refractivity contribution in [2.75, 3.05) is 12.9 Å². The van der Waals surface area contributed by atoms with E-state index in [1.807, 2.05) is 38.1 Å². The van der Waals surface area contributed by atoms with Crippen LogP contribution in [0.25, 0.3) is 11.5 Å². The number of amides is 1. The Morgan fingerprint density at radius 2 is 2.18 bits per heavy atom. The number of hydrogen-bond acceptors (Lipinski definition) is 6. The number of carbonyl (C=O) groups is 1. The Hall–Kier alpha value is -2.02. The van der Waals surface area contributed by atoms with Crippen molar-refractivity contribution in [3.8, 4) is 17.2 Å². The van der Waals surface area contributed by atoms with Gasteiger partial charge in [-0.1, -0.05) is 30.8 Å². The van der Waals surface area contributed by atoms with Gasteiger partial charge in [0.25, 0.3) is 11.1 Å². The predicted molar refractivity (Wildman–Crippen MR) is 84.9 cm³/mol. The minimum absolute atomic E-state index is 0.0450. The van der Waals surface area contributed by atoms with Crippen molar-refractivity contribution < 1.29 is 13.9 Å². The number of nitrogens with zero attached hydrogens (tertiary/aromatic N) is 2. The lowest BCUT2D eigenvalue weighted by Gasteiger charge is -2.09. The van der Waals surface area contributed by atoms with E-state index in [0.29, 0.717) is 16.9 Å². The van der Waals surface area contributed by atoms with Gasteiger partial charge in [0.15, 0.2) is 0 Å². The minimum atomic E-state index is -0.0450. The second-order valence-electron chi connectivity index (χ2n) is 4.74. The largest absolute Gasteiger partial charge is 0.496 e. The number of thioether (sulfide) groups is 1. The van der Waals surface area contributed by atoms with Gasteiger partial charge in [0.05, 0.1) is 18.4 Å². The van der Waals surface area contributed by atoms with Gasteiger partial charge < -0.3 is 14.5 Å². The van der Waals surface area contributed by atoms with E-state index in [1.54, 1.807) is 7.11 Å². The Labute approximate surface area is 133 Å². The smallest absolute Gasteiger partial charge is 0.277 e. The van der Waals surface area contributed by atoms with Crippen LogP contribution in [0.2, 0.25) is 0 Å². The average molecular weight is 321 g/mol. The number of carbonyl (C=O) groups excluding carboxylic acids is 1. The van der Waals surface area contributed by atoms with E-state index < -0.39 is 0 Å². The molecule has 1 amide bonds. The number of rotatable bonds is 7. The molecule has 2 rings (SSSR count). The summed E-state index contributed by atoms with van der Waals surface area (Å²) < 4.78 is 10.8. The van der Waals surface area contributed by atoms with Gasteiger partial charge in [0.2, 0.25) is 5.91 Å². The summed E-state index contributed by atoms with van der Waals surface area (Å²) in [5.74, 6) is 1.24. The third kappa shape index (κ3) is 4.24. The van der Waals surface area contributed by atoms with Crippen molar-refractivity contribution in [3.05, 3.63) is 24.3 Å². The van der Waals surface area contributed by atoms with E-state index in [4.69, 9.17) is 9.15 Å². The normalized spacial score (nSPS) is 12.0. The highest BCUT2D eigenvalue weighted by Crippen LogP contribution is 2.30. The maximum absolute atomic E-state index is 11.7. The summed E-state index contributed by atoms with van der Waals surface area (Å²) in [5.41, 5.74) is 0.730. The van der Waals surface area contributed by atoms with E-state index in [1.165, 1.54) is 11.8 Å². The number of para-hydroxylation sites is 1. The van der Waals surface area contributed by atoms with Crippen LogP contribution < -0.4 is 10.1 Å². The molecule has 6 nitrogen and oxygen atoms in total. The van der Waals surface area contributed by atoms with Gasteiger partial charge in [-0.2, -0.15) is 0 Å². The van der Waals surface area contributed by atoms with Crippen LogP contribution in [0.15, 0.2) is 33.9 Å². The summed E-state index contributed by atoms with van der Waals surface area (Å²) in [7, 11) is 1.59. The van der Waals surface area contributed by atoms with Crippen molar-refractivity contribution >= 4 is 17.7 Å². The molecule has 1 aromatic heterocycles. The number of ether oxygens (including phenoxy) is 1. The van der Waals surface area contributed by atoms with Crippen LogP contribution in [-0.2, 0) is 4.79 Å². The monoisotopic (exact) mass is 321 g/mol. The Kier molecular flexibility index (Phi) is 5.83. The Morgan fingerprint density at radius 1 is 1.41 bits per heavy atom. The highest BCUT2D eigenvalue weighted by atomic mass is 32.2. The first-order chi connectivity index (χ1) is 10.6. The Bertz CT molecular complexity index is 630. The van der Waals surface area contributed by atoms with Crippen molar-refractivity contribution in [2.45, 2.75) is 31.5 Å². The van der Waals surface area contributed by atoms with E-state index in [2.05, 4.69) is 15.5 Å². The lowest BCUT2D eigenvalue weighted by molar-refractivity contribution is -0.119. The summed E-state index contributed by atoms with van der Waals surface area (Å²) >= 11 is 1.22. The average Bonchev–Trinajstić information content (AvgIpc) is 3.01. The third-order valence-corrected chi connectivity index (χ3v) is 3.91. The highest BCUT2D eigenvalue weighted by Gasteiger charge is 2.14. The van der Waals surface area contributed by atoms with Crippen LogP contribution in [0.3, 0.4) is 0 Å². The number of aromatic nitrogens is 2. The topological polar surface area (TPSA) is 77.2 Å². The fraction of sp³-hybridized carbons (Fsp3) is 0.400. The van der Waals surface area contributed by atoms with E-state index in [0.717, 1.165) is 12.0 Å². The highest BCUT2D eigenvalue weighted by molar-refractivity contribution is 7.99. The summed E-state index contributed by atoms with van der Waals surface area (Å²) in [6, 6.07) is 7.57. The third-order valence-electron chi connectivity index (χ3n) is 3.09. The summed E-state index contributed by atoms with van der Waals surface area (Å²) in [6.07, 6.45) is 0.898. The van der Waals surface area contributed by atoms with Crippen molar-refractivity contribution in [3.63, 3.8) is 0 Å². The molecule has 0 fully saturated rings. The molecule has 0 aliphatic heterocycles. The molecule has 2 aromatic rings. The van der Waals surface area contributed by atoms with Crippen molar-refractivity contribution in [1.82, 2.24) is 15.5 Å². The lowest BCUT2D eigenvalue weighted by atomic mass is 10.2. The fourth-order valence-corrected chi connectivity index (χ4v) is 2.32. The number of hydrogen-bond donors (Lipinski definition) is 1. The van der Waals surface area contributed by atoms with E-state index in [9.17, 15) is 4.79 Å². The Balaban J connectivity index is 1.98. The summed E-state index contributed by atoms with van der Waals surface area (Å²) in [4.78, 5) is 11.7. The van der Waals surface area contributed by atoms with Crippen LogP contribution in [0, 0.1) is 0 Å². The van der Waals surface area contributed by atoms with Crippen LogP contribution in [-0.4, -0.2) is 35.0 Å². The molecule has 0 aliphatic rings. The molecule has 0 radical (unpaired) electrons. The zero-order chi connectivity index (χ0) is 15.9. The molecule has 1 N–H and O–H groups in total. The van der Waals surface area contributed by atoms with Gasteiger partial charge in [0.1, 0.15) is 5.75 Å². The van der Waals surface area contributed by atoms with Gasteiger partial charge in [-0.05, 0) is 25.5 Å². The first-order valence-corrected chi connectivity index (χ1v) is 8.01. The number of nitrogens with one attached hydrogen (secondary N) is 1. The zero-order valence-corrected chi connectivity index (χ0v) is 13.6. The fourth-order valence-electron chi connectivity index (χ4n) is 1.74. The number of benzene rings is 1. The molecule has 1 unspecified atom stereocenters. The molecule has 118 valence electrons. The van der Waals surface area contributed by atoms with Crippen LogP contribution in [0.1, 0.15) is 20.3 Å². The molecule has 1 heterocycles. The summed E-state index contributed by atoms with van der Waals surface area (Å²) in [6.45, 7) is 3.99. The molecular formula is C15H19N3O3S. The second kappa shape index (κ2) is 7.84. The van der Waals surface area contributed by atoms with Gasteiger partial charge in [-0.25, -0.2) is 0 Å². The van der Waals surface area contributed by atoms with E-state index in [-0.39, 0.29) is 17.7 Å². The van der Waals surface area contributed by atoms with Gasteiger partial charge in [0, 0.05) is 6.04 Å². The predicted octanol–water partition coefficient (Wildman–Crippen LogP) is 2.75. The van der Waals surface area contributed by atoms with Crippen LogP contribution >= 0.6 is 11.8 Å². The molecule has 1 atom stereocenters. The molecule has 1 aromatic carbocycles. The zero-order valence-electron chi connectivity index (χ0n) is 12.8. The SMILES string of the molecule is CCC(C)NC(=O)CSc1nnc(-c2ccccc2OC)o1. The minimum Gasteiger partial charge on any atom is -0.496 e. The maximum Gasteiger partial charge on any atom is 0.277 e. The molecule has 0 saturated carbocycles. The molecular weight excluding hydrogens is 302 g/mol. The van der Waals surface area contributed by atoms with Crippen LogP contribution in [0.5, 0.6) is 5.75 Å². The number of methoxy groups -OCH3 is 1. The van der Waals surface area contributed by atoms with Crippen LogP contribution in [0.4, 0.5) is 0 Å². The van der Waals surface area contributed by atoms with Gasteiger partial charge in [-0.15, -0.1) is 10.2 Å². The van der Waals surface area contributed by atoms with Gasteiger partial charge in [-0.3, -0.25) is 4.79 Å². The molecule has 22 heavy (non-hydrogen) atoms. The van der Waals surface area contributed by atoms with E-state index >= 15 is 0 Å². The molecule has 0 spiro atoms. The standard InChI is InChI=1S/C15H19N3O3S/c1-4-10(2)16-13(19)9-22-15-18-17-14(21-15)11-7-5-6-8-12(11)20-3/h5-8,10H,4,9H2,1-3H3,(H,16,19).